The highest BCUT2D eigenvalue weighted by molar-refractivity contribution is 6.31. The summed E-state index contributed by atoms with van der Waals surface area (Å²) in [7, 11) is 2.20. The van der Waals surface area contributed by atoms with Crippen LogP contribution in [0.3, 0.4) is 0 Å². The van der Waals surface area contributed by atoms with Gasteiger partial charge in [0.2, 0.25) is 0 Å². The molecule has 0 radical (unpaired) electrons. The van der Waals surface area contributed by atoms with E-state index >= 15 is 0 Å². The number of hydrogen-bond acceptors (Lipinski definition) is 5. The summed E-state index contributed by atoms with van der Waals surface area (Å²) in [5.74, 6) is 1.12. The van der Waals surface area contributed by atoms with Gasteiger partial charge < -0.3 is 24.8 Å². The first-order chi connectivity index (χ1) is 17.3. The SMILES string of the molecule is CN1CCC(C2CCN(C(=O)[C@](C)(NC(=O)c3cc4cc(Cl)ccc4[nH]3)N3CCOCC3)CC2)CC1. The maximum Gasteiger partial charge on any atom is 0.269 e. The van der Waals surface area contributed by atoms with Crippen LogP contribution in [0.5, 0.6) is 0 Å². The van der Waals surface area contributed by atoms with Crippen molar-refractivity contribution < 1.29 is 14.3 Å². The highest BCUT2D eigenvalue weighted by Crippen LogP contribution is 2.33. The summed E-state index contributed by atoms with van der Waals surface area (Å²) in [5, 5.41) is 4.58. The summed E-state index contributed by atoms with van der Waals surface area (Å²) < 4.78 is 5.55. The lowest BCUT2D eigenvalue weighted by atomic mass is 9.78. The maximum atomic E-state index is 14.0. The van der Waals surface area contributed by atoms with Gasteiger partial charge in [0.05, 0.1) is 13.2 Å². The largest absolute Gasteiger partial charge is 0.379 e. The molecule has 0 unspecified atom stereocenters. The zero-order valence-corrected chi connectivity index (χ0v) is 22.1. The Bertz CT molecular complexity index is 1080. The van der Waals surface area contributed by atoms with E-state index in [0.29, 0.717) is 42.9 Å². The fourth-order valence-electron chi connectivity index (χ4n) is 6.17. The molecule has 1 aromatic carbocycles. The van der Waals surface area contributed by atoms with Crippen molar-refractivity contribution in [1.29, 1.82) is 0 Å². The molecule has 2 aromatic rings. The number of aromatic amines is 1. The van der Waals surface area contributed by atoms with Gasteiger partial charge in [-0.05, 0) is 88.8 Å². The van der Waals surface area contributed by atoms with E-state index in [1.165, 1.54) is 25.9 Å². The second-order valence-corrected chi connectivity index (χ2v) is 11.2. The van der Waals surface area contributed by atoms with E-state index in [1.807, 2.05) is 24.0 Å². The summed E-state index contributed by atoms with van der Waals surface area (Å²) in [6.07, 6.45) is 4.59. The van der Waals surface area contributed by atoms with Crippen molar-refractivity contribution in [1.82, 2.24) is 25.0 Å². The third-order valence-electron chi connectivity index (χ3n) is 8.50. The molecule has 0 bridgehead atoms. The number of H-pyrrole nitrogens is 1. The Labute approximate surface area is 218 Å². The Morgan fingerprint density at radius 3 is 2.31 bits per heavy atom. The average molecular weight is 516 g/mol. The Morgan fingerprint density at radius 2 is 1.64 bits per heavy atom. The minimum Gasteiger partial charge on any atom is -0.379 e. The molecule has 9 heteroatoms. The highest BCUT2D eigenvalue weighted by Gasteiger charge is 2.45. The number of carbonyl (C=O) groups excluding carboxylic acids is 2. The van der Waals surface area contributed by atoms with E-state index in [2.05, 4.69) is 27.1 Å². The first kappa shape index (κ1) is 25.5. The molecule has 3 fully saturated rings. The van der Waals surface area contributed by atoms with E-state index in [1.54, 1.807) is 12.1 Å². The zero-order chi connectivity index (χ0) is 25.3. The van der Waals surface area contributed by atoms with Crippen molar-refractivity contribution in [2.75, 3.05) is 59.5 Å². The standard InChI is InChI=1S/C27H38ClN5O3/c1-27(33-13-15-36-16-14-33,30-25(34)24-18-21-17-22(28)3-4-23(21)29-24)26(35)32-11-7-20(8-12-32)19-5-9-31(2)10-6-19/h3-4,17-20,29H,5-16H2,1-2H3,(H,30,34)/t27-/m1/s1. The molecule has 196 valence electrons. The molecule has 36 heavy (non-hydrogen) atoms. The van der Waals surface area contributed by atoms with Gasteiger partial charge in [0.1, 0.15) is 5.69 Å². The second-order valence-electron chi connectivity index (χ2n) is 10.8. The quantitative estimate of drug-likeness (QED) is 0.639. The molecule has 5 rings (SSSR count). The summed E-state index contributed by atoms with van der Waals surface area (Å²) in [6, 6.07) is 7.26. The second kappa shape index (κ2) is 10.7. The molecule has 1 atom stereocenters. The minimum atomic E-state index is -1.14. The Kier molecular flexibility index (Phi) is 7.58. The number of rotatable bonds is 5. The van der Waals surface area contributed by atoms with Crippen molar-refractivity contribution >= 4 is 34.3 Å². The summed E-state index contributed by atoms with van der Waals surface area (Å²) in [6.45, 7) is 7.96. The van der Waals surface area contributed by atoms with Gasteiger partial charge in [0, 0.05) is 42.1 Å². The molecule has 8 nitrogen and oxygen atoms in total. The molecule has 4 heterocycles. The average Bonchev–Trinajstić information content (AvgIpc) is 3.33. The number of nitrogens with one attached hydrogen (secondary N) is 2. The number of aromatic nitrogens is 1. The number of nitrogens with zero attached hydrogens (tertiary/aromatic N) is 3. The van der Waals surface area contributed by atoms with Crippen molar-refractivity contribution in [3.05, 3.63) is 35.0 Å². The molecule has 0 spiro atoms. The first-order valence-corrected chi connectivity index (χ1v) is 13.6. The molecule has 2 amide bonds. The topological polar surface area (TPSA) is 80.9 Å². The Morgan fingerprint density at radius 1 is 1.00 bits per heavy atom. The highest BCUT2D eigenvalue weighted by atomic mass is 35.5. The lowest BCUT2D eigenvalue weighted by Gasteiger charge is -2.46. The number of morpholine rings is 1. The van der Waals surface area contributed by atoms with Gasteiger partial charge in [0.15, 0.2) is 5.66 Å². The predicted molar refractivity (Wildman–Crippen MR) is 141 cm³/mol. The Balaban J connectivity index is 1.30. The van der Waals surface area contributed by atoms with Crippen LogP contribution in [0.25, 0.3) is 10.9 Å². The molecule has 3 aliphatic rings. The van der Waals surface area contributed by atoms with Crippen LogP contribution in [0.15, 0.2) is 24.3 Å². The Hall–Kier alpha value is -2.13. The number of fused-ring (bicyclic) bond motifs is 1. The molecule has 0 aliphatic carbocycles. The summed E-state index contributed by atoms with van der Waals surface area (Å²) in [5.41, 5.74) is 0.108. The molecule has 2 N–H and O–H groups in total. The van der Waals surface area contributed by atoms with Gasteiger partial charge in [0.25, 0.3) is 11.8 Å². The van der Waals surface area contributed by atoms with Crippen LogP contribution in [-0.2, 0) is 9.53 Å². The number of ether oxygens (including phenoxy) is 1. The normalized spacial score (nSPS) is 23.0. The lowest BCUT2D eigenvalue weighted by Crippen LogP contribution is -2.69. The smallest absolute Gasteiger partial charge is 0.269 e. The van der Waals surface area contributed by atoms with Crippen molar-refractivity contribution in [3.63, 3.8) is 0 Å². The number of benzene rings is 1. The predicted octanol–water partition coefficient (Wildman–Crippen LogP) is 3.18. The number of hydrogen-bond donors (Lipinski definition) is 2. The van der Waals surface area contributed by atoms with Crippen molar-refractivity contribution in [2.45, 2.75) is 38.3 Å². The number of piperidine rings is 2. The van der Waals surface area contributed by atoms with E-state index in [-0.39, 0.29) is 11.8 Å². The van der Waals surface area contributed by atoms with Gasteiger partial charge in [-0.15, -0.1) is 0 Å². The van der Waals surface area contributed by atoms with Crippen LogP contribution in [0.4, 0.5) is 0 Å². The van der Waals surface area contributed by atoms with Crippen LogP contribution in [0.2, 0.25) is 5.02 Å². The number of likely N-dealkylation sites (tertiary alicyclic amines) is 2. The monoisotopic (exact) mass is 515 g/mol. The van der Waals surface area contributed by atoms with Gasteiger partial charge >= 0.3 is 0 Å². The van der Waals surface area contributed by atoms with Gasteiger partial charge in [-0.3, -0.25) is 14.5 Å². The first-order valence-electron chi connectivity index (χ1n) is 13.2. The molecular weight excluding hydrogens is 478 g/mol. The van der Waals surface area contributed by atoms with Crippen LogP contribution in [0, 0.1) is 11.8 Å². The van der Waals surface area contributed by atoms with Crippen LogP contribution in [-0.4, -0.2) is 96.7 Å². The van der Waals surface area contributed by atoms with Gasteiger partial charge in [-0.25, -0.2) is 0 Å². The zero-order valence-electron chi connectivity index (χ0n) is 21.4. The number of halogens is 1. The summed E-state index contributed by atoms with van der Waals surface area (Å²) in [4.78, 5) is 37.0. The van der Waals surface area contributed by atoms with Crippen LogP contribution >= 0.6 is 11.6 Å². The van der Waals surface area contributed by atoms with E-state index < -0.39 is 5.66 Å². The van der Waals surface area contributed by atoms with E-state index in [9.17, 15) is 9.59 Å². The number of amides is 2. The van der Waals surface area contributed by atoms with Crippen molar-refractivity contribution in [3.8, 4) is 0 Å². The molecule has 3 aliphatic heterocycles. The van der Waals surface area contributed by atoms with Crippen LogP contribution in [0.1, 0.15) is 43.1 Å². The molecule has 1 aromatic heterocycles. The molecule has 3 saturated heterocycles. The lowest BCUT2D eigenvalue weighted by molar-refractivity contribution is -0.150. The van der Waals surface area contributed by atoms with Gasteiger partial charge in [-0.2, -0.15) is 0 Å². The van der Waals surface area contributed by atoms with Crippen molar-refractivity contribution in [2.24, 2.45) is 11.8 Å². The third-order valence-corrected chi connectivity index (χ3v) is 8.74. The molecule has 0 saturated carbocycles. The fourth-order valence-corrected chi connectivity index (χ4v) is 6.35. The fraction of sp³-hybridized carbons (Fsp3) is 0.630. The number of carbonyl (C=O) groups is 2. The van der Waals surface area contributed by atoms with Gasteiger partial charge in [-0.1, -0.05) is 11.6 Å². The molecular formula is C27H38ClN5O3. The third kappa shape index (κ3) is 5.28. The van der Waals surface area contributed by atoms with Crippen LogP contribution < -0.4 is 5.32 Å². The maximum absolute atomic E-state index is 14.0. The van der Waals surface area contributed by atoms with E-state index in [4.69, 9.17) is 16.3 Å². The summed E-state index contributed by atoms with van der Waals surface area (Å²) >= 11 is 6.12. The van der Waals surface area contributed by atoms with E-state index in [0.717, 1.165) is 42.8 Å². The minimum absolute atomic E-state index is 0.0290.